The van der Waals surface area contributed by atoms with Crippen LogP contribution in [0.25, 0.3) is 11.1 Å². The number of benzene rings is 2. The molecule has 2 N–H and O–H groups in total. The Hall–Kier alpha value is -3.07. The number of fused-ring (bicyclic) bond motifs is 1. The number of sulfonamides is 1. The van der Waals surface area contributed by atoms with E-state index in [2.05, 4.69) is 15.0 Å². The summed E-state index contributed by atoms with van der Waals surface area (Å²) < 4.78 is 31.0. The lowest BCUT2D eigenvalue weighted by atomic mass is 10.2. The number of oxazole rings is 1. The number of amides is 1. The molecule has 0 bridgehead atoms. The summed E-state index contributed by atoms with van der Waals surface area (Å²) in [6.45, 7) is 0.681. The number of hydrogen-bond acceptors (Lipinski definition) is 6. The fourth-order valence-electron chi connectivity index (χ4n) is 3.35. The van der Waals surface area contributed by atoms with Crippen molar-refractivity contribution in [1.82, 2.24) is 4.98 Å². The van der Waals surface area contributed by atoms with Crippen LogP contribution in [0.3, 0.4) is 0 Å². The summed E-state index contributed by atoms with van der Waals surface area (Å²) in [6.07, 6.45) is 2.62. The van der Waals surface area contributed by atoms with Crippen LogP contribution < -0.4 is 14.9 Å². The molecule has 1 unspecified atom stereocenters. The minimum atomic E-state index is -3.39. The molecule has 4 rings (SSSR count). The second-order valence-corrected chi connectivity index (χ2v) is 8.51. The molecule has 1 aromatic heterocycles. The van der Waals surface area contributed by atoms with Gasteiger partial charge in [-0.3, -0.25) is 9.52 Å². The molecular formula is C19H20N4O4S. The smallest absolute Gasteiger partial charge is 0.299 e. The topological polar surface area (TPSA) is 105 Å². The van der Waals surface area contributed by atoms with Crippen LogP contribution in [-0.4, -0.2) is 38.2 Å². The van der Waals surface area contributed by atoms with Crippen LogP contribution in [0.15, 0.2) is 52.9 Å². The average Bonchev–Trinajstić information content (AvgIpc) is 3.27. The van der Waals surface area contributed by atoms with Crippen LogP contribution >= 0.6 is 0 Å². The largest absolute Gasteiger partial charge is 0.423 e. The number of carbonyl (C=O) groups excluding carboxylic acids is 1. The van der Waals surface area contributed by atoms with E-state index in [0.717, 1.165) is 18.2 Å². The van der Waals surface area contributed by atoms with Crippen molar-refractivity contribution in [2.24, 2.45) is 0 Å². The van der Waals surface area contributed by atoms with E-state index < -0.39 is 16.1 Å². The Bertz CT molecular complexity index is 1090. The normalized spacial score (nSPS) is 17.0. The summed E-state index contributed by atoms with van der Waals surface area (Å²) in [4.78, 5) is 19.2. The number of anilines is 3. The second-order valence-electron chi connectivity index (χ2n) is 6.76. The highest BCUT2D eigenvalue weighted by Gasteiger charge is 2.33. The van der Waals surface area contributed by atoms with E-state index >= 15 is 0 Å². The maximum Gasteiger partial charge on any atom is 0.299 e. The van der Waals surface area contributed by atoms with Gasteiger partial charge < -0.3 is 14.6 Å². The maximum absolute atomic E-state index is 12.8. The van der Waals surface area contributed by atoms with Gasteiger partial charge >= 0.3 is 0 Å². The first-order chi connectivity index (χ1) is 13.4. The summed E-state index contributed by atoms with van der Waals surface area (Å²) in [5.41, 5.74) is 2.34. The molecule has 8 nitrogen and oxygen atoms in total. The Balaban J connectivity index is 1.52. The number of aromatic nitrogens is 1. The minimum absolute atomic E-state index is 0.184. The molecule has 1 aliphatic rings. The molecule has 0 aliphatic carbocycles. The van der Waals surface area contributed by atoms with Gasteiger partial charge in [-0.25, -0.2) is 8.42 Å². The van der Waals surface area contributed by atoms with Crippen molar-refractivity contribution in [1.29, 1.82) is 0 Å². The molecule has 1 saturated heterocycles. The molecule has 0 saturated carbocycles. The Morgan fingerprint density at radius 3 is 2.75 bits per heavy atom. The number of nitrogens with one attached hydrogen (secondary N) is 2. The average molecular weight is 400 g/mol. The van der Waals surface area contributed by atoms with E-state index in [0.29, 0.717) is 35.9 Å². The van der Waals surface area contributed by atoms with E-state index in [1.54, 1.807) is 24.3 Å². The zero-order chi connectivity index (χ0) is 19.7. The van der Waals surface area contributed by atoms with Crippen molar-refractivity contribution in [3.63, 3.8) is 0 Å². The van der Waals surface area contributed by atoms with Gasteiger partial charge in [0.25, 0.3) is 6.01 Å². The van der Waals surface area contributed by atoms with Crippen molar-refractivity contribution in [3.05, 3.63) is 48.5 Å². The van der Waals surface area contributed by atoms with Crippen molar-refractivity contribution < 1.29 is 17.6 Å². The summed E-state index contributed by atoms with van der Waals surface area (Å²) >= 11 is 0. The SMILES string of the molecule is CS(=O)(=O)Nc1cccc(NC(=O)C2CCCN2c2nc3ccccc3o2)c1. The molecule has 2 heterocycles. The first kappa shape index (κ1) is 18.3. The molecule has 3 aromatic rings. The summed E-state index contributed by atoms with van der Waals surface area (Å²) in [6, 6.07) is 14.1. The van der Waals surface area contributed by atoms with Gasteiger partial charge in [0.15, 0.2) is 5.58 Å². The van der Waals surface area contributed by atoms with E-state index in [-0.39, 0.29) is 5.91 Å². The van der Waals surface area contributed by atoms with Gasteiger partial charge in [-0.05, 0) is 43.2 Å². The van der Waals surface area contributed by atoms with E-state index in [1.807, 2.05) is 29.2 Å². The third kappa shape index (κ3) is 3.94. The van der Waals surface area contributed by atoms with Crippen molar-refractivity contribution >= 4 is 44.4 Å². The van der Waals surface area contributed by atoms with E-state index in [1.165, 1.54) is 0 Å². The molecular weight excluding hydrogens is 380 g/mol. The van der Waals surface area contributed by atoms with Crippen LogP contribution in [0.2, 0.25) is 0 Å². The number of hydrogen-bond donors (Lipinski definition) is 2. The summed E-state index contributed by atoms with van der Waals surface area (Å²) in [5, 5.41) is 2.86. The molecule has 28 heavy (non-hydrogen) atoms. The summed E-state index contributed by atoms with van der Waals surface area (Å²) in [5.74, 6) is -0.184. The third-order valence-corrected chi connectivity index (χ3v) is 5.12. The fourth-order valence-corrected chi connectivity index (χ4v) is 3.91. The molecule has 1 fully saturated rings. The molecule has 2 aromatic carbocycles. The second kappa shape index (κ2) is 7.16. The Morgan fingerprint density at radius 1 is 1.18 bits per heavy atom. The molecule has 9 heteroatoms. The Kier molecular flexibility index (Phi) is 4.68. The van der Waals surface area contributed by atoms with Gasteiger partial charge in [0.05, 0.1) is 11.9 Å². The van der Waals surface area contributed by atoms with Crippen LogP contribution in [0.4, 0.5) is 17.4 Å². The molecule has 1 aliphatic heterocycles. The van der Waals surface area contributed by atoms with E-state index in [4.69, 9.17) is 4.42 Å². The van der Waals surface area contributed by atoms with Crippen LogP contribution in [0.1, 0.15) is 12.8 Å². The lowest BCUT2D eigenvalue weighted by Crippen LogP contribution is -2.39. The lowest BCUT2D eigenvalue weighted by Gasteiger charge is -2.22. The van der Waals surface area contributed by atoms with Crippen molar-refractivity contribution in [2.75, 3.05) is 27.7 Å². The van der Waals surface area contributed by atoms with Gasteiger partial charge in [-0.1, -0.05) is 18.2 Å². The van der Waals surface area contributed by atoms with Gasteiger partial charge in [0.2, 0.25) is 15.9 Å². The van der Waals surface area contributed by atoms with Crippen molar-refractivity contribution in [3.8, 4) is 0 Å². The van der Waals surface area contributed by atoms with Crippen molar-refractivity contribution in [2.45, 2.75) is 18.9 Å². The van der Waals surface area contributed by atoms with Crippen LogP contribution in [0.5, 0.6) is 0 Å². The number of carbonyl (C=O) groups is 1. The third-order valence-electron chi connectivity index (χ3n) is 4.52. The quantitative estimate of drug-likeness (QED) is 0.682. The van der Waals surface area contributed by atoms with Crippen LogP contribution in [-0.2, 0) is 14.8 Å². The highest BCUT2D eigenvalue weighted by atomic mass is 32.2. The lowest BCUT2D eigenvalue weighted by molar-refractivity contribution is -0.117. The number of rotatable bonds is 5. The zero-order valence-electron chi connectivity index (χ0n) is 15.3. The number of para-hydroxylation sites is 2. The Morgan fingerprint density at radius 2 is 1.96 bits per heavy atom. The minimum Gasteiger partial charge on any atom is -0.423 e. The highest BCUT2D eigenvalue weighted by Crippen LogP contribution is 2.29. The van der Waals surface area contributed by atoms with Gasteiger partial charge in [-0.15, -0.1) is 0 Å². The molecule has 1 atom stereocenters. The van der Waals surface area contributed by atoms with Gasteiger partial charge in [0.1, 0.15) is 11.6 Å². The highest BCUT2D eigenvalue weighted by molar-refractivity contribution is 7.92. The predicted molar refractivity (Wildman–Crippen MR) is 108 cm³/mol. The molecule has 146 valence electrons. The first-order valence-corrected chi connectivity index (χ1v) is 10.8. The maximum atomic E-state index is 12.8. The van der Waals surface area contributed by atoms with E-state index in [9.17, 15) is 13.2 Å². The monoisotopic (exact) mass is 400 g/mol. The molecule has 1 amide bonds. The summed E-state index contributed by atoms with van der Waals surface area (Å²) in [7, 11) is -3.39. The zero-order valence-corrected chi connectivity index (χ0v) is 16.1. The predicted octanol–water partition coefficient (Wildman–Crippen LogP) is 2.81. The number of nitrogens with zero attached hydrogens (tertiary/aromatic N) is 2. The molecule has 0 spiro atoms. The fraction of sp³-hybridized carbons (Fsp3) is 0.263. The standard InChI is InChI=1S/C19H20N4O4S/c1-28(25,26)22-14-7-4-6-13(12-14)20-18(24)16-9-5-11-23(16)19-21-15-8-2-3-10-17(15)27-19/h2-4,6-8,10,12,16,22H,5,9,11H2,1H3,(H,20,24). The molecule has 0 radical (unpaired) electrons. The van der Waals surface area contributed by atoms with Crippen LogP contribution in [0, 0.1) is 0 Å². The van der Waals surface area contributed by atoms with Gasteiger partial charge in [0, 0.05) is 12.2 Å². The Labute approximate surface area is 162 Å². The first-order valence-electron chi connectivity index (χ1n) is 8.90. The van der Waals surface area contributed by atoms with Gasteiger partial charge in [-0.2, -0.15) is 4.98 Å².